The Kier molecular flexibility index (Phi) is 5.19. The van der Waals surface area contributed by atoms with Gasteiger partial charge in [0.2, 0.25) is 0 Å². The molecule has 1 aromatic rings. The van der Waals surface area contributed by atoms with Gasteiger partial charge in [-0.15, -0.1) is 0 Å². The highest BCUT2D eigenvalue weighted by atomic mass is 16.7. The molecule has 0 radical (unpaired) electrons. The van der Waals surface area contributed by atoms with E-state index in [2.05, 4.69) is 27.8 Å². The van der Waals surface area contributed by atoms with E-state index in [4.69, 9.17) is 9.47 Å². The topological polar surface area (TPSA) is 37.8 Å². The van der Waals surface area contributed by atoms with Crippen LogP contribution in [0.15, 0.2) is 24.5 Å². The van der Waals surface area contributed by atoms with Gasteiger partial charge in [0, 0.05) is 57.6 Å². The van der Waals surface area contributed by atoms with E-state index >= 15 is 0 Å². The fraction of sp³-hybridized carbons (Fsp3) is 0.688. The number of ether oxygens (including phenoxy) is 2. The predicted molar refractivity (Wildman–Crippen MR) is 81.0 cm³/mol. The standard InChI is InChI=1S/C16H25N3O2/c1-14(15-3-2-5-17-13-15)19-9-7-18(8-10-19)6-4-16-20-11-12-21-16/h2-3,5,13-14,16H,4,6-12H2,1H3/t14-/m0/s1. The Morgan fingerprint density at radius 3 is 2.67 bits per heavy atom. The first-order valence-electron chi connectivity index (χ1n) is 7.92. The molecular weight excluding hydrogens is 266 g/mol. The van der Waals surface area contributed by atoms with Crippen LogP contribution in [0.2, 0.25) is 0 Å². The number of nitrogens with zero attached hydrogens (tertiary/aromatic N) is 3. The van der Waals surface area contributed by atoms with Crippen LogP contribution in [-0.2, 0) is 9.47 Å². The van der Waals surface area contributed by atoms with E-state index in [1.165, 1.54) is 5.56 Å². The van der Waals surface area contributed by atoms with E-state index in [0.717, 1.165) is 52.4 Å². The highest BCUT2D eigenvalue weighted by molar-refractivity contribution is 5.13. The van der Waals surface area contributed by atoms with Gasteiger partial charge in [0.05, 0.1) is 13.2 Å². The fourth-order valence-corrected chi connectivity index (χ4v) is 3.07. The van der Waals surface area contributed by atoms with Crippen LogP contribution >= 0.6 is 0 Å². The van der Waals surface area contributed by atoms with E-state index in [9.17, 15) is 0 Å². The van der Waals surface area contributed by atoms with Crippen LogP contribution < -0.4 is 0 Å². The fourth-order valence-electron chi connectivity index (χ4n) is 3.07. The average molecular weight is 291 g/mol. The second-order valence-corrected chi connectivity index (χ2v) is 5.80. The number of pyridine rings is 1. The maximum Gasteiger partial charge on any atom is 0.159 e. The molecule has 5 nitrogen and oxygen atoms in total. The summed E-state index contributed by atoms with van der Waals surface area (Å²) in [5.74, 6) is 0. The van der Waals surface area contributed by atoms with Crippen molar-refractivity contribution >= 4 is 0 Å². The SMILES string of the molecule is C[C@@H](c1cccnc1)N1CCN(CCC2OCCO2)CC1. The van der Waals surface area contributed by atoms with Crippen LogP contribution in [0.25, 0.3) is 0 Å². The van der Waals surface area contributed by atoms with Crippen molar-refractivity contribution in [3.63, 3.8) is 0 Å². The quantitative estimate of drug-likeness (QED) is 0.822. The summed E-state index contributed by atoms with van der Waals surface area (Å²) in [4.78, 5) is 9.27. The normalized spacial score (nSPS) is 23.5. The highest BCUT2D eigenvalue weighted by Crippen LogP contribution is 2.20. The maximum atomic E-state index is 5.49. The Morgan fingerprint density at radius 1 is 1.24 bits per heavy atom. The van der Waals surface area contributed by atoms with Gasteiger partial charge in [-0.2, -0.15) is 0 Å². The molecule has 0 N–H and O–H groups in total. The summed E-state index contributed by atoms with van der Waals surface area (Å²) >= 11 is 0. The molecule has 1 atom stereocenters. The first-order chi connectivity index (χ1) is 10.3. The smallest absolute Gasteiger partial charge is 0.159 e. The summed E-state index contributed by atoms with van der Waals surface area (Å²) in [5, 5.41) is 0. The molecule has 0 aromatic carbocycles. The number of aromatic nitrogens is 1. The van der Waals surface area contributed by atoms with Crippen molar-refractivity contribution in [1.82, 2.24) is 14.8 Å². The van der Waals surface area contributed by atoms with Crippen LogP contribution in [0.1, 0.15) is 24.9 Å². The molecule has 3 rings (SSSR count). The molecule has 0 bridgehead atoms. The Labute approximate surface area is 126 Å². The minimum absolute atomic E-state index is 0.0253. The third kappa shape index (κ3) is 4.01. The van der Waals surface area contributed by atoms with Crippen molar-refractivity contribution in [3.8, 4) is 0 Å². The number of hydrogen-bond donors (Lipinski definition) is 0. The molecule has 0 spiro atoms. The number of hydrogen-bond acceptors (Lipinski definition) is 5. The van der Waals surface area contributed by atoms with E-state index in [0.29, 0.717) is 6.04 Å². The van der Waals surface area contributed by atoms with Gasteiger partial charge in [-0.1, -0.05) is 6.07 Å². The molecule has 0 unspecified atom stereocenters. The largest absolute Gasteiger partial charge is 0.350 e. The van der Waals surface area contributed by atoms with Crippen molar-refractivity contribution in [1.29, 1.82) is 0 Å². The van der Waals surface area contributed by atoms with Gasteiger partial charge in [0.1, 0.15) is 0 Å². The van der Waals surface area contributed by atoms with Crippen molar-refractivity contribution in [2.24, 2.45) is 0 Å². The van der Waals surface area contributed by atoms with Crippen LogP contribution in [0.4, 0.5) is 0 Å². The zero-order valence-corrected chi connectivity index (χ0v) is 12.8. The lowest BCUT2D eigenvalue weighted by molar-refractivity contribution is -0.0537. The predicted octanol–water partition coefficient (Wildman–Crippen LogP) is 1.52. The van der Waals surface area contributed by atoms with Crippen LogP contribution in [0.3, 0.4) is 0 Å². The summed E-state index contributed by atoms with van der Waals surface area (Å²) in [7, 11) is 0. The van der Waals surface area contributed by atoms with Gasteiger partial charge < -0.3 is 14.4 Å². The minimum atomic E-state index is 0.0253. The summed E-state index contributed by atoms with van der Waals surface area (Å²) in [6, 6.07) is 4.63. The molecular formula is C16H25N3O2. The molecule has 0 amide bonds. The third-order valence-corrected chi connectivity index (χ3v) is 4.49. The molecule has 2 saturated heterocycles. The zero-order chi connectivity index (χ0) is 14.5. The zero-order valence-electron chi connectivity index (χ0n) is 12.8. The van der Waals surface area contributed by atoms with Gasteiger partial charge >= 0.3 is 0 Å². The first kappa shape index (κ1) is 14.9. The van der Waals surface area contributed by atoms with Crippen molar-refractivity contribution < 1.29 is 9.47 Å². The number of rotatable bonds is 5. The van der Waals surface area contributed by atoms with Crippen LogP contribution in [0, 0.1) is 0 Å². The molecule has 5 heteroatoms. The van der Waals surface area contributed by atoms with E-state index in [1.54, 1.807) is 0 Å². The first-order valence-corrected chi connectivity index (χ1v) is 7.92. The van der Waals surface area contributed by atoms with Gasteiger partial charge in [-0.05, 0) is 18.6 Å². The third-order valence-electron chi connectivity index (χ3n) is 4.49. The van der Waals surface area contributed by atoms with Gasteiger partial charge in [-0.25, -0.2) is 0 Å². The minimum Gasteiger partial charge on any atom is -0.350 e. The number of piperazine rings is 1. The molecule has 3 heterocycles. The van der Waals surface area contributed by atoms with Crippen LogP contribution in [0.5, 0.6) is 0 Å². The Balaban J connectivity index is 1.42. The van der Waals surface area contributed by atoms with Gasteiger partial charge in [0.15, 0.2) is 6.29 Å². The second kappa shape index (κ2) is 7.31. The molecule has 2 fully saturated rings. The molecule has 116 valence electrons. The highest BCUT2D eigenvalue weighted by Gasteiger charge is 2.23. The molecule has 0 saturated carbocycles. The Hall–Kier alpha value is -1.01. The second-order valence-electron chi connectivity index (χ2n) is 5.80. The lowest BCUT2D eigenvalue weighted by Crippen LogP contribution is -2.47. The molecule has 1 aromatic heterocycles. The van der Waals surface area contributed by atoms with E-state index in [1.807, 2.05) is 18.5 Å². The van der Waals surface area contributed by atoms with Gasteiger partial charge in [-0.3, -0.25) is 9.88 Å². The molecule has 2 aliphatic rings. The summed E-state index contributed by atoms with van der Waals surface area (Å²) in [6.07, 6.45) is 4.82. The lowest BCUT2D eigenvalue weighted by Gasteiger charge is -2.38. The van der Waals surface area contributed by atoms with Crippen LogP contribution in [-0.4, -0.2) is 67.0 Å². The lowest BCUT2D eigenvalue weighted by atomic mass is 10.1. The summed E-state index contributed by atoms with van der Waals surface area (Å²) in [6.45, 7) is 9.31. The molecule has 21 heavy (non-hydrogen) atoms. The van der Waals surface area contributed by atoms with Crippen molar-refractivity contribution in [2.45, 2.75) is 25.7 Å². The summed E-state index contributed by atoms with van der Waals surface area (Å²) in [5.41, 5.74) is 1.30. The van der Waals surface area contributed by atoms with Crippen molar-refractivity contribution in [2.75, 3.05) is 45.9 Å². The van der Waals surface area contributed by atoms with E-state index < -0.39 is 0 Å². The summed E-state index contributed by atoms with van der Waals surface area (Å²) < 4.78 is 11.0. The molecule has 2 aliphatic heterocycles. The molecule has 0 aliphatic carbocycles. The van der Waals surface area contributed by atoms with Gasteiger partial charge in [0.25, 0.3) is 0 Å². The Morgan fingerprint density at radius 2 is 2.00 bits per heavy atom. The van der Waals surface area contributed by atoms with E-state index in [-0.39, 0.29) is 6.29 Å². The average Bonchev–Trinajstić information content (AvgIpc) is 3.07. The monoisotopic (exact) mass is 291 g/mol. The Bertz CT molecular complexity index is 415. The maximum absolute atomic E-state index is 5.49. The van der Waals surface area contributed by atoms with Crippen molar-refractivity contribution in [3.05, 3.63) is 30.1 Å².